The summed E-state index contributed by atoms with van der Waals surface area (Å²) in [6, 6.07) is 10.4. The van der Waals surface area contributed by atoms with E-state index in [9.17, 15) is 9.59 Å². The van der Waals surface area contributed by atoms with Crippen LogP contribution in [0.2, 0.25) is 0 Å². The van der Waals surface area contributed by atoms with Crippen LogP contribution in [-0.2, 0) is 19.1 Å². The van der Waals surface area contributed by atoms with E-state index in [2.05, 4.69) is 4.98 Å². The highest BCUT2D eigenvalue weighted by Gasteiger charge is 2.48. The van der Waals surface area contributed by atoms with E-state index in [0.717, 1.165) is 11.0 Å². The van der Waals surface area contributed by atoms with Crippen molar-refractivity contribution in [2.75, 3.05) is 31.8 Å². The topological polar surface area (TPSA) is 86.8 Å². The van der Waals surface area contributed by atoms with Crippen molar-refractivity contribution in [2.45, 2.75) is 13.0 Å². The number of esters is 1. The molecule has 4 rings (SSSR count). The fourth-order valence-corrected chi connectivity index (χ4v) is 3.65. The molecule has 2 atom stereocenters. The number of carbonyl (C=O) groups excluding carboxylic acids is 2. The van der Waals surface area contributed by atoms with E-state index in [-0.39, 0.29) is 19.1 Å². The standard InChI is InChI=1S/C20H21N3O5/c1-3-27-19(25)16-17(15-9-6-11-28-15)23-14-8-5-4-7-13(14)21-20(23)22(18(16)24)10-12-26-2/h4-9,11,16-17H,3,10,12H2,1-2H3/t16-,17-/m0/s1. The molecule has 2 aromatic heterocycles. The minimum Gasteiger partial charge on any atom is -0.467 e. The zero-order valence-electron chi connectivity index (χ0n) is 15.7. The van der Waals surface area contributed by atoms with Gasteiger partial charge >= 0.3 is 5.97 Å². The highest BCUT2D eigenvalue weighted by molar-refractivity contribution is 6.08. The molecule has 1 amide bonds. The third kappa shape index (κ3) is 2.86. The van der Waals surface area contributed by atoms with Crippen molar-refractivity contribution in [3.63, 3.8) is 0 Å². The Kier molecular flexibility index (Phi) is 4.87. The number of aromatic nitrogens is 2. The van der Waals surface area contributed by atoms with Crippen molar-refractivity contribution >= 4 is 28.9 Å². The van der Waals surface area contributed by atoms with Crippen molar-refractivity contribution in [1.82, 2.24) is 9.55 Å². The predicted octanol–water partition coefficient (Wildman–Crippen LogP) is 2.39. The highest BCUT2D eigenvalue weighted by Crippen LogP contribution is 2.41. The van der Waals surface area contributed by atoms with Gasteiger partial charge in [-0.1, -0.05) is 12.1 Å². The number of nitrogens with zero attached hydrogens (tertiary/aromatic N) is 3. The third-order valence-corrected chi connectivity index (χ3v) is 4.84. The summed E-state index contributed by atoms with van der Waals surface area (Å²) in [6.45, 7) is 2.49. The first-order valence-corrected chi connectivity index (χ1v) is 9.14. The normalized spacial score (nSPS) is 19.1. The number of anilines is 1. The van der Waals surface area contributed by atoms with Gasteiger partial charge in [0.05, 0.1) is 37.1 Å². The van der Waals surface area contributed by atoms with Crippen molar-refractivity contribution < 1.29 is 23.5 Å². The Balaban J connectivity index is 1.95. The number of ether oxygens (including phenoxy) is 2. The predicted molar refractivity (Wildman–Crippen MR) is 101 cm³/mol. The van der Waals surface area contributed by atoms with E-state index >= 15 is 0 Å². The average Bonchev–Trinajstić information content (AvgIpc) is 3.34. The number of fused-ring (bicyclic) bond motifs is 3. The summed E-state index contributed by atoms with van der Waals surface area (Å²) >= 11 is 0. The Hall–Kier alpha value is -3.13. The van der Waals surface area contributed by atoms with E-state index < -0.39 is 17.9 Å². The molecule has 0 radical (unpaired) electrons. The Morgan fingerprint density at radius 1 is 1.25 bits per heavy atom. The van der Waals surface area contributed by atoms with Gasteiger partial charge in [-0.05, 0) is 31.2 Å². The second kappa shape index (κ2) is 7.47. The van der Waals surface area contributed by atoms with Gasteiger partial charge in [-0.3, -0.25) is 19.1 Å². The molecule has 0 unspecified atom stereocenters. The maximum atomic E-state index is 13.4. The van der Waals surface area contributed by atoms with Crippen LogP contribution in [0.3, 0.4) is 0 Å². The lowest BCUT2D eigenvalue weighted by Gasteiger charge is -2.36. The van der Waals surface area contributed by atoms with Crippen molar-refractivity contribution in [1.29, 1.82) is 0 Å². The molecule has 8 nitrogen and oxygen atoms in total. The average molecular weight is 383 g/mol. The Labute approximate surface area is 161 Å². The summed E-state index contributed by atoms with van der Waals surface area (Å²) in [6.07, 6.45) is 1.53. The Morgan fingerprint density at radius 3 is 2.79 bits per heavy atom. The molecule has 0 saturated heterocycles. The Bertz CT molecular complexity index is 995. The van der Waals surface area contributed by atoms with Crippen LogP contribution >= 0.6 is 0 Å². The molecule has 0 bridgehead atoms. The molecule has 0 spiro atoms. The SMILES string of the molecule is CCOC(=O)[C@@H]1C(=O)N(CCOC)c2nc3ccccc3n2[C@H]1c1ccco1. The number of carbonyl (C=O) groups is 2. The molecule has 1 aliphatic rings. The van der Waals surface area contributed by atoms with Gasteiger partial charge in [0.2, 0.25) is 11.9 Å². The van der Waals surface area contributed by atoms with Gasteiger partial charge in [-0.15, -0.1) is 0 Å². The van der Waals surface area contributed by atoms with Gasteiger partial charge < -0.3 is 13.9 Å². The van der Waals surface area contributed by atoms with E-state index in [1.54, 1.807) is 26.2 Å². The summed E-state index contributed by atoms with van der Waals surface area (Å²) in [4.78, 5) is 32.3. The zero-order chi connectivity index (χ0) is 19.7. The van der Waals surface area contributed by atoms with Crippen molar-refractivity contribution in [2.24, 2.45) is 5.92 Å². The molecular weight excluding hydrogens is 362 g/mol. The van der Waals surface area contributed by atoms with Crippen LogP contribution in [0.5, 0.6) is 0 Å². The molecule has 3 heterocycles. The third-order valence-electron chi connectivity index (χ3n) is 4.84. The highest BCUT2D eigenvalue weighted by atomic mass is 16.5. The number of para-hydroxylation sites is 2. The molecule has 146 valence electrons. The fraction of sp³-hybridized carbons (Fsp3) is 0.350. The Morgan fingerprint density at radius 2 is 2.07 bits per heavy atom. The molecule has 1 aliphatic heterocycles. The van der Waals surface area contributed by atoms with Crippen LogP contribution < -0.4 is 4.90 Å². The zero-order valence-corrected chi connectivity index (χ0v) is 15.7. The van der Waals surface area contributed by atoms with Crippen LogP contribution in [-0.4, -0.2) is 48.3 Å². The minimum absolute atomic E-state index is 0.184. The van der Waals surface area contributed by atoms with Crippen LogP contribution in [0, 0.1) is 5.92 Å². The van der Waals surface area contributed by atoms with Crippen molar-refractivity contribution in [3.8, 4) is 0 Å². The lowest BCUT2D eigenvalue weighted by Crippen LogP contribution is -2.51. The minimum atomic E-state index is -1.08. The quantitative estimate of drug-likeness (QED) is 0.480. The van der Waals surface area contributed by atoms with Crippen LogP contribution in [0.15, 0.2) is 47.1 Å². The summed E-state index contributed by atoms with van der Waals surface area (Å²) in [5.41, 5.74) is 1.54. The van der Waals surface area contributed by atoms with E-state index in [4.69, 9.17) is 13.9 Å². The van der Waals surface area contributed by atoms with Crippen LogP contribution in [0.4, 0.5) is 5.95 Å². The van der Waals surface area contributed by atoms with E-state index in [0.29, 0.717) is 18.3 Å². The molecule has 28 heavy (non-hydrogen) atoms. The first-order valence-electron chi connectivity index (χ1n) is 9.14. The second-order valence-corrected chi connectivity index (χ2v) is 6.44. The van der Waals surface area contributed by atoms with Gasteiger partial charge in [0.15, 0.2) is 5.92 Å². The largest absolute Gasteiger partial charge is 0.467 e. The number of furan rings is 1. The molecule has 3 aromatic rings. The summed E-state index contributed by atoms with van der Waals surface area (Å²) in [7, 11) is 1.56. The van der Waals surface area contributed by atoms with Gasteiger partial charge in [-0.25, -0.2) is 4.98 Å². The summed E-state index contributed by atoms with van der Waals surface area (Å²) < 4.78 is 17.9. The number of amides is 1. The maximum Gasteiger partial charge on any atom is 0.321 e. The first-order chi connectivity index (χ1) is 13.7. The number of hydrogen-bond donors (Lipinski definition) is 0. The number of rotatable bonds is 6. The molecule has 0 fully saturated rings. The van der Waals surface area contributed by atoms with Crippen molar-refractivity contribution in [3.05, 3.63) is 48.4 Å². The first kappa shape index (κ1) is 18.2. The summed E-state index contributed by atoms with van der Waals surface area (Å²) in [5.74, 6) is -1.07. The molecule has 8 heteroatoms. The van der Waals surface area contributed by atoms with Crippen LogP contribution in [0.1, 0.15) is 18.7 Å². The smallest absolute Gasteiger partial charge is 0.321 e. The van der Waals surface area contributed by atoms with Gasteiger partial charge in [0.1, 0.15) is 11.8 Å². The lowest BCUT2D eigenvalue weighted by atomic mass is 9.93. The molecule has 0 N–H and O–H groups in total. The van der Waals surface area contributed by atoms with Gasteiger partial charge in [0, 0.05) is 7.11 Å². The van der Waals surface area contributed by atoms with Gasteiger partial charge in [0.25, 0.3) is 0 Å². The van der Waals surface area contributed by atoms with E-state index in [1.807, 2.05) is 28.8 Å². The number of benzene rings is 1. The van der Waals surface area contributed by atoms with E-state index in [1.165, 1.54) is 11.2 Å². The summed E-state index contributed by atoms with van der Waals surface area (Å²) in [5, 5.41) is 0. The molecular formula is C20H21N3O5. The van der Waals surface area contributed by atoms with Crippen LogP contribution in [0.25, 0.3) is 11.0 Å². The number of methoxy groups -OCH3 is 1. The second-order valence-electron chi connectivity index (χ2n) is 6.44. The monoisotopic (exact) mass is 383 g/mol. The maximum absolute atomic E-state index is 13.4. The fourth-order valence-electron chi connectivity index (χ4n) is 3.65. The molecule has 0 saturated carbocycles. The number of imidazole rings is 1. The number of hydrogen-bond acceptors (Lipinski definition) is 6. The molecule has 0 aliphatic carbocycles. The van der Waals surface area contributed by atoms with Gasteiger partial charge in [-0.2, -0.15) is 0 Å². The molecule has 1 aromatic carbocycles. The lowest BCUT2D eigenvalue weighted by molar-refractivity contribution is -0.153.